The lowest BCUT2D eigenvalue weighted by molar-refractivity contribution is -0.140. The molecule has 3 rings (SSSR count). The third-order valence-electron chi connectivity index (χ3n) is 5.53. The Bertz CT molecular complexity index is 802. The fourth-order valence-corrected chi connectivity index (χ4v) is 4.79. The number of benzene rings is 1. The van der Waals surface area contributed by atoms with Gasteiger partial charge in [0.2, 0.25) is 11.8 Å². The van der Waals surface area contributed by atoms with Crippen molar-refractivity contribution in [3.63, 3.8) is 0 Å². The van der Waals surface area contributed by atoms with Gasteiger partial charge in [-0.1, -0.05) is 43.9 Å². The van der Waals surface area contributed by atoms with Gasteiger partial charge in [-0.3, -0.25) is 9.59 Å². The second-order valence-corrected chi connectivity index (χ2v) is 8.91. The van der Waals surface area contributed by atoms with Gasteiger partial charge in [0.25, 0.3) is 0 Å². The van der Waals surface area contributed by atoms with E-state index in [0.717, 1.165) is 36.1 Å². The number of nitrogens with one attached hydrogen (secondary N) is 1. The molecule has 0 bridgehead atoms. The minimum Gasteiger partial charge on any atom is -0.497 e. The van der Waals surface area contributed by atoms with E-state index in [-0.39, 0.29) is 23.7 Å². The zero-order chi connectivity index (χ0) is 21.3. The van der Waals surface area contributed by atoms with E-state index >= 15 is 0 Å². The summed E-state index contributed by atoms with van der Waals surface area (Å²) in [7, 11) is 1.60. The summed E-state index contributed by atoms with van der Waals surface area (Å²) >= 11 is 7.50. The Kier molecular flexibility index (Phi) is 8.58. The quantitative estimate of drug-likeness (QED) is 0.461. The molecular weight excluding hydrogens is 420 g/mol. The zero-order valence-corrected chi connectivity index (χ0v) is 18.9. The molecule has 30 heavy (non-hydrogen) atoms. The van der Waals surface area contributed by atoms with E-state index in [2.05, 4.69) is 5.32 Å². The highest BCUT2D eigenvalue weighted by Gasteiger charge is 2.32. The van der Waals surface area contributed by atoms with Gasteiger partial charge in [0.1, 0.15) is 17.7 Å². The third kappa shape index (κ3) is 5.99. The molecule has 7 heteroatoms. The van der Waals surface area contributed by atoms with Crippen LogP contribution in [0, 0.1) is 0 Å². The number of amides is 2. The normalized spacial score (nSPS) is 15.8. The first-order chi connectivity index (χ1) is 14.6. The average Bonchev–Trinajstić information content (AvgIpc) is 3.15. The molecule has 1 saturated carbocycles. The number of halogens is 1. The fraction of sp³-hybridized carbons (Fsp3) is 0.478. The highest BCUT2D eigenvalue weighted by atomic mass is 35.5. The molecule has 2 aromatic rings. The number of ether oxygens (including phenoxy) is 1. The van der Waals surface area contributed by atoms with Crippen LogP contribution in [0.4, 0.5) is 0 Å². The lowest BCUT2D eigenvalue weighted by Crippen LogP contribution is -2.46. The predicted molar refractivity (Wildman–Crippen MR) is 121 cm³/mol. The number of alkyl halides is 1. The van der Waals surface area contributed by atoms with Crippen LogP contribution in [-0.2, 0) is 16.1 Å². The van der Waals surface area contributed by atoms with Gasteiger partial charge in [0.05, 0.1) is 13.7 Å². The van der Waals surface area contributed by atoms with Crippen LogP contribution in [0.1, 0.15) is 55.0 Å². The molecule has 1 aliphatic rings. The Balaban J connectivity index is 1.90. The number of methoxy groups -OCH3 is 1. The van der Waals surface area contributed by atoms with Crippen molar-refractivity contribution in [3.8, 4) is 5.75 Å². The van der Waals surface area contributed by atoms with Crippen molar-refractivity contribution in [3.05, 3.63) is 52.2 Å². The van der Waals surface area contributed by atoms with Crippen molar-refractivity contribution in [2.75, 3.05) is 13.0 Å². The van der Waals surface area contributed by atoms with Crippen molar-refractivity contribution < 1.29 is 14.3 Å². The summed E-state index contributed by atoms with van der Waals surface area (Å²) in [4.78, 5) is 28.9. The SMILES string of the molecule is COc1ccc([C@H](C(=O)NC2CCCCCC2)N(Cc2cccs2)C(=O)CCl)cc1. The van der Waals surface area contributed by atoms with Crippen molar-refractivity contribution in [1.82, 2.24) is 10.2 Å². The number of hydrogen-bond acceptors (Lipinski definition) is 4. The van der Waals surface area contributed by atoms with Gasteiger partial charge in [0.15, 0.2) is 0 Å². The summed E-state index contributed by atoms with van der Waals surface area (Å²) in [6, 6.07) is 10.6. The first-order valence-corrected chi connectivity index (χ1v) is 11.9. The van der Waals surface area contributed by atoms with Crippen molar-refractivity contribution in [2.45, 2.75) is 57.2 Å². The first kappa shape index (κ1) is 22.6. The van der Waals surface area contributed by atoms with Crippen molar-refractivity contribution in [1.29, 1.82) is 0 Å². The monoisotopic (exact) mass is 448 g/mol. The predicted octanol–water partition coefficient (Wildman–Crippen LogP) is 4.90. The van der Waals surface area contributed by atoms with Crippen LogP contribution in [0.2, 0.25) is 0 Å². The molecule has 1 aliphatic carbocycles. The largest absolute Gasteiger partial charge is 0.497 e. The molecule has 162 valence electrons. The molecule has 0 radical (unpaired) electrons. The molecule has 0 aliphatic heterocycles. The number of rotatable bonds is 8. The second-order valence-electron chi connectivity index (χ2n) is 7.61. The van der Waals surface area contributed by atoms with Crippen LogP contribution in [0.15, 0.2) is 41.8 Å². The van der Waals surface area contributed by atoms with Crippen LogP contribution >= 0.6 is 22.9 Å². The smallest absolute Gasteiger partial charge is 0.247 e. The molecule has 1 fully saturated rings. The van der Waals surface area contributed by atoms with E-state index in [1.807, 2.05) is 41.8 Å². The lowest BCUT2D eigenvalue weighted by Gasteiger charge is -2.32. The Morgan fingerprint density at radius 2 is 1.87 bits per heavy atom. The molecule has 1 aromatic heterocycles. The van der Waals surface area contributed by atoms with Gasteiger partial charge >= 0.3 is 0 Å². The van der Waals surface area contributed by atoms with Crippen LogP contribution in [0.25, 0.3) is 0 Å². The summed E-state index contributed by atoms with van der Waals surface area (Å²) < 4.78 is 5.26. The van der Waals surface area contributed by atoms with Crippen LogP contribution in [0.3, 0.4) is 0 Å². The molecule has 1 atom stereocenters. The Morgan fingerprint density at radius 1 is 1.17 bits per heavy atom. The van der Waals surface area contributed by atoms with Crippen LogP contribution in [-0.4, -0.2) is 35.7 Å². The molecular formula is C23H29ClN2O3S. The summed E-state index contributed by atoms with van der Waals surface area (Å²) in [5.74, 6) is 0.119. The number of nitrogens with zero attached hydrogens (tertiary/aromatic N) is 1. The topological polar surface area (TPSA) is 58.6 Å². The van der Waals surface area contributed by atoms with Crippen molar-refractivity contribution in [2.24, 2.45) is 0 Å². The minimum absolute atomic E-state index is 0.149. The maximum atomic E-state index is 13.5. The molecule has 5 nitrogen and oxygen atoms in total. The summed E-state index contributed by atoms with van der Waals surface area (Å²) in [6.07, 6.45) is 6.63. The van der Waals surface area contributed by atoms with E-state index in [1.54, 1.807) is 23.3 Å². The highest BCUT2D eigenvalue weighted by Crippen LogP contribution is 2.28. The van der Waals surface area contributed by atoms with Crippen LogP contribution < -0.4 is 10.1 Å². The van der Waals surface area contributed by atoms with Gasteiger partial charge in [-0.15, -0.1) is 22.9 Å². The molecule has 1 heterocycles. The number of hydrogen-bond donors (Lipinski definition) is 1. The molecule has 1 aromatic carbocycles. The maximum Gasteiger partial charge on any atom is 0.247 e. The van der Waals surface area contributed by atoms with Crippen LogP contribution in [0.5, 0.6) is 5.75 Å². The van der Waals surface area contributed by atoms with Gasteiger partial charge in [-0.25, -0.2) is 0 Å². The highest BCUT2D eigenvalue weighted by molar-refractivity contribution is 7.09. The molecule has 0 unspecified atom stereocenters. The summed E-state index contributed by atoms with van der Waals surface area (Å²) in [5, 5.41) is 5.19. The number of thiophene rings is 1. The number of carbonyl (C=O) groups excluding carboxylic acids is 2. The first-order valence-electron chi connectivity index (χ1n) is 10.4. The van der Waals surface area contributed by atoms with Crippen molar-refractivity contribution >= 4 is 34.8 Å². The van der Waals surface area contributed by atoms with E-state index in [4.69, 9.17) is 16.3 Å². The third-order valence-corrected chi connectivity index (χ3v) is 6.62. The zero-order valence-electron chi connectivity index (χ0n) is 17.3. The molecule has 0 saturated heterocycles. The fourth-order valence-electron chi connectivity index (χ4n) is 3.93. The van der Waals surface area contributed by atoms with Gasteiger partial charge < -0.3 is 15.0 Å². The maximum absolute atomic E-state index is 13.5. The second kappa shape index (κ2) is 11.4. The van der Waals surface area contributed by atoms with E-state index in [9.17, 15) is 9.59 Å². The Morgan fingerprint density at radius 3 is 2.43 bits per heavy atom. The average molecular weight is 449 g/mol. The summed E-state index contributed by atoms with van der Waals surface area (Å²) in [6.45, 7) is 0.345. The van der Waals surface area contributed by atoms with Gasteiger partial charge in [-0.05, 0) is 42.0 Å². The van der Waals surface area contributed by atoms with E-state index in [0.29, 0.717) is 12.3 Å². The Hall–Kier alpha value is -2.05. The molecule has 2 amide bonds. The summed E-state index contributed by atoms with van der Waals surface area (Å²) in [5.41, 5.74) is 0.747. The van der Waals surface area contributed by atoms with E-state index in [1.165, 1.54) is 12.8 Å². The van der Waals surface area contributed by atoms with Gasteiger partial charge in [0, 0.05) is 10.9 Å². The Labute approximate surface area is 187 Å². The van der Waals surface area contributed by atoms with E-state index < -0.39 is 6.04 Å². The standard InChI is InChI=1S/C23H29ClN2O3S/c1-29-19-12-10-17(11-13-19)22(23(28)25-18-7-4-2-3-5-8-18)26(21(27)15-24)16-20-9-6-14-30-20/h6,9-14,18,22H,2-5,7-8,15-16H2,1H3,(H,25,28)/t22-/m1/s1. The number of carbonyl (C=O) groups is 2. The molecule has 1 N–H and O–H groups in total. The molecule has 0 spiro atoms. The van der Waals surface area contributed by atoms with Gasteiger partial charge in [-0.2, -0.15) is 0 Å². The lowest BCUT2D eigenvalue weighted by atomic mass is 10.0. The minimum atomic E-state index is -0.743.